The number of nitrogens with one attached hydrogen (secondary N) is 2. The van der Waals surface area contributed by atoms with E-state index in [2.05, 4.69) is 15.6 Å². The van der Waals surface area contributed by atoms with Gasteiger partial charge in [-0.2, -0.15) is 0 Å². The molecule has 2 N–H and O–H groups in total. The van der Waals surface area contributed by atoms with Crippen LogP contribution in [0, 0.1) is 0 Å². The standard InChI is InChI=1S/C17H21N3O/c1-13(14-8-11-19-12-9-14)20-17(21)16-6-4-3-5-15(16)7-10-18-2/h3-6,8-9,11-13,18H,7,10H2,1-2H3,(H,20,21)/t13-/m1/s1. The summed E-state index contributed by atoms with van der Waals surface area (Å²) in [5.74, 6) is -0.0361. The number of rotatable bonds is 6. The second-order valence-electron chi connectivity index (χ2n) is 4.99. The van der Waals surface area contributed by atoms with Gasteiger partial charge in [-0.3, -0.25) is 9.78 Å². The minimum absolute atomic E-state index is 0.0361. The Morgan fingerprint density at radius 1 is 1.19 bits per heavy atom. The predicted molar refractivity (Wildman–Crippen MR) is 84.2 cm³/mol. The molecule has 21 heavy (non-hydrogen) atoms. The zero-order valence-electron chi connectivity index (χ0n) is 12.5. The summed E-state index contributed by atoms with van der Waals surface area (Å²) in [5.41, 5.74) is 2.85. The van der Waals surface area contributed by atoms with Crippen LogP contribution in [0.3, 0.4) is 0 Å². The molecule has 4 nitrogen and oxygen atoms in total. The van der Waals surface area contributed by atoms with Crippen molar-refractivity contribution in [2.45, 2.75) is 19.4 Å². The number of amides is 1. The topological polar surface area (TPSA) is 54.0 Å². The Labute approximate surface area is 125 Å². The first-order valence-corrected chi connectivity index (χ1v) is 7.15. The van der Waals surface area contributed by atoms with Gasteiger partial charge in [0.2, 0.25) is 0 Å². The highest BCUT2D eigenvalue weighted by atomic mass is 16.1. The van der Waals surface area contributed by atoms with Gasteiger partial charge in [-0.15, -0.1) is 0 Å². The van der Waals surface area contributed by atoms with Gasteiger partial charge < -0.3 is 10.6 Å². The Morgan fingerprint density at radius 3 is 2.62 bits per heavy atom. The molecular weight excluding hydrogens is 262 g/mol. The van der Waals surface area contributed by atoms with Crippen molar-refractivity contribution in [3.8, 4) is 0 Å². The van der Waals surface area contributed by atoms with Crippen LogP contribution in [0.1, 0.15) is 34.5 Å². The normalized spacial score (nSPS) is 11.9. The van der Waals surface area contributed by atoms with Crippen LogP contribution in [0.5, 0.6) is 0 Å². The maximum Gasteiger partial charge on any atom is 0.252 e. The molecule has 0 aliphatic heterocycles. The second kappa shape index (κ2) is 7.55. The van der Waals surface area contributed by atoms with E-state index < -0.39 is 0 Å². The summed E-state index contributed by atoms with van der Waals surface area (Å²) in [6.45, 7) is 2.83. The highest BCUT2D eigenvalue weighted by Gasteiger charge is 2.14. The molecule has 0 radical (unpaired) electrons. The number of hydrogen-bond acceptors (Lipinski definition) is 3. The summed E-state index contributed by atoms with van der Waals surface area (Å²) in [6.07, 6.45) is 4.31. The first-order valence-electron chi connectivity index (χ1n) is 7.15. The van der Waals surface area contributed by atoms with Crippen LogP contribution in [0.2, 0.25) is 0 Å². The lowest BCUT2D eigenvalue weighted by Crippen LogP contribution is -2.28. The van der Waals surface area contributed by atoms with Gasteiger partial charge in [0.05, 0.1) is 6.04 Å². The quantitative estimate of drug-likeness (QED) is 0.855. The third-order valence-electron chi connectivity index (χ3n) is 3.46. The van der Waals surface area contributed by atoms with E-state index in [1.165, 1.54) is 0 Å². The fourth-order valence-electron chi connectivity index (χ4n) is 2.23. The van der Waals surface area contributed by atoms with Crippen molar-refractivity contribution in [1.82, 2.24) is 15.6 Å². The van der Waals surface area contributed by atoms with Gasteiger partial charge in [0.15, 0.2) is 0 Å². The van der Waals surface area contributed by atoms with Crippen molar-refractivity contribution in [3.63, 3.8) is 0 Å². The van der Waals surface area contributed by atoms with E-state index in [9.17, 15) is 4.79 Å². The van der Waals surface area contributed by atoms with Crippen LogP contribution in [-0.2, 0) is 6.42 Å². The molecule has 4 heteroatoms. The molecule has 0 saturated heterocycles. The number of aromatic nitrogens is 1. The zero-order chi connectivity index (χ0) is 15.1. The summed E-state index contributed by atoms with van der Waals surface area (Å²) >= 11 is 0. The lowest BCUT2D eigenvalue weighted by atomic mass is 10.0. The molecule has 1 aromatic heterocycles. The van der Waals surface area contributed by atoms with Crippen molar-refractivity contribution in [3.05, 3.63) is 65.5 Å². The van der Waals surface area contributed by atoms with Crippen LogP contribution < -0.4 is 10.6 Å². The number of hydrogen-bond donors (Lipinski definition) is 2. The molecule has 110 valence electrons. The van der Waals surface area contributed by atoms with Crippen LogP contribution in [0.4, 0.5) is 0 Å². The first-order chi connectivity index (χ1) is 10.2. The zero-order valence-corrected chi connectivity index (χ0v) is 12.5. The van der Waals surface area contributed by atoms with Crippen LogP contribution >= 0.6 is 0 Å². The molecule has 2 aromatic rings. The number of pyridine rings is 1. The third-order valence-corrected chi connectivity index (χ3v) is 3.46. The van der Waals surface area contributed by atoms with E-state index in [4.69, 9.17) is 0 Å². The van der Waals surface area contributed by atoms with Crippen LogP contribution in [0.25, 0.3) is 0 Å². The minimum atomic E-state index is -0.0437. The molecule has 1 heterocycles. The van der Waals surface area contributed by atoms with Gasteiger partial charge in [0.1, 0.15) is 0 Å². The van der Waals surface area contributed by atoms with Crippen molar-refractivity contribution < 1.29 is 4.79 Å². The number of nitrogens with zero attached hydrogens (tertiary/aromatic N) is 1. The Bertz CT molecular complexity index is 584. The monoisotopic (exact) mass is 283 g/mol. The molecule has 0 saturated carbocycles. The van der Waals surface area contributed by atoms with Gasteiger partial charge in [-0.1, -0.05) is 18.2 Å². The van der Waals surface area contributed by atoms with E-state index in [1.54, 1.807) is 12.4 Å². The van der Waals surface area contributed by atoms with Crippen LogP contribution in [-0.4, -0.2) is 24.5 Å². The van der Waals surface area contributed by atoms with Crippen molar-refractivity contribution in [2.24, 2.45) is 0 Å². The Morgan fingerprint density at radius 2 is 1.90 bits per heavy atom. The predicted octanol–water partition coefficient (Wildman–Crippen LogP) is 2.33. The molecule has 1 aromatic carbocycles. The molecule has 0 bridgehead atoms. The van der Waals surface area contributed by atoms with Crippen molar-refractivity contribution in [1.29, 1.82) is 0 Å². The van der Waals surface area contributed by atoms with Crippen molar-refractivity contribution >= 4 is 5.91 Å². The minimum Gasteiger partial charge on any atom is -0.346 e. The summed E-state index contributed by atoms with van der Waals surface area (Å²) in [4.78, 5) is 16.5. The molecular formula is C17H21N3O. The van der Waals surface area contributed by atoms with Gasteiger partial charge in [0.25, 0.3) is 5.91 Å². The second-order valence-corrected chi connectivity index (χ2v) is 4.99. The lowest BCUT2D eigenvalue weighted by Gasteiger charge is -2.16. The third kappa shape index (κ3) is 4.13. The number of carbonyl (C=O) groups is 1. The fourth-order valence-corrected chi connectivity index (χ4v) is 2.23. The largest absolute Gasteiger partial charge is 0.346 e. The Hall–Kier alpha value is -2.20. The maximum absolute atomic E-state index is 12.5. The molecule has 0 unspecified atom stereocenters. The molecule has 1 atom stereocenters. The number of likely N-dealkylation sites (N-methyl/N-ethyl adjacent to an activating group) is 1. The molecule has 0 spiro atoms. The summed E-state index contributed by atoms with van der Waals surface area (Å²) in [6, 6.07) is 11.5. The average molecular weight is 283 g/mol. The van der Waals surface area contributed by atoms with Gasteiger partial charge in [-0.05, 0) is 56.3 Å². The Balaban J connectivity index is 2.10. The first kappa shape index (κ1) is 15.2. The highest BCUT2D eigenvalue weighted by Crippen LogP contribution is 2.14. The van der Waals surface area contributed by atoms with Gasteiger partial charge >= 0.3 is 0 Å². The average Bonchev–Trinajstić information content (AvgIpc) is 2.54. The van der Waals surface area contributed by atoms with E-state index in [-0.39, 0.29) is 11.9 Å². The van der Waals surface area contributed by atoms with Crippen molar-refractivity contribution in [2.75, 3.05) is 13.6 Å². The van der Waals surface area contributed by atoms with Crippen LogP contribution in [0.15, 0.2) is 48.8 Å². The SMILES string of the molecule is CNCCc1ccccc1C(=O)N[C@H](C)c1ccncc1. The van der Waals surface area contributed by atoms with Gasteiger partial charge in [-0.25, -0.2) is 0 Å². The molecule has 0 aliphatic rings. The van der Waals surface area contributed by atoms with E-state index in [0.717, 1.165) is 29.7 Å². The molecule has 2 rings (SSSR count). The molecule has 1 amide bonds. The molecule has 0 aliphatic carbocycles. The summed E-state index contributed by atoms with van der Waals surface area (Å²) in [5, 5.41) is 6.15. The molecule has 0 fully saturated rings. The Kier molecular flexibility index (Phi) is 5.46. The van der Waals surface area contributed by atoms with E-state index >= 15 is 0 Å². The summed E-state index contributed by atoms with van der Waals surface area (Å²) < 4.78 is 0. The maximum atomic E-state index is 12.5. The number of benzene rings is 1. The van der Waals surface area contributed by atoms with Gasteiger partial charge in [0, 0.05) is 18.0 Å². The number of carbonyl (C=O) groups excluding carboxylic acids is 1. The highest BCUT2D eigenvalue weighted by molar-refractivity contribution is 5.95. The lowest BCUT2D eigenvalue weighted by molar-refractivity contribution is 0.0939. The fraction of sp³-hybridized carbons (Fsp3) is 0.294. The smallest absolute Gasteiger partial charge is 0.252 e. The van der Waals surface area contributed by atoms with E-state index in [1.807, 2.05) is 50.4 Å². The van der Waals surface area contributed by atoms with E-state index in [0.29, 0.717) is 0 Å². The summed E-state index contributed by atoms with van der Waals surface area (Å²) in [7, 11) is 1.91.